The van der Waals surface area contributed by atoms with Crippen LogP contribution in [0.25, 0.3) is 0 Å². The van der Waals surface area contributed by atoms with E-state index < -0.39 is 5.82 Å². The van der Waals surface area contributed by atoms with Gasteiger partial charge in [-0.2, -0.15) is 15.0 Å². The standard InChI is InChI=1S/C22H31FN6O2/c1-29-12-6-9-19(29)31-22-27-20(24-14-15-7-4-3-5-8-15)26-21(28-22)25-16-10-11-18(30-2)17(23)13-16/h10-11,13,15,19H,3-9,12,14H2,1-2H3,(H2,24,25,26,27,28). The molecule has 2 heterocycles. The van der Waals surface area contributed by atoms with Gasteiger partial charge in [-0.25, -0.2) is 4.39 Å². The maximum atomic E-state index is 14.1. The van der Waals surface area contributed by atoms with Gasteiger partial charge in [0.15, 0.2) is 17.8 Å². The Hall–Kier alpha value is -2.68. The number of methoxy groups -OCH3 is 1. The van der Waals surface area contributed by atoms with Crippen LogP contribution in [0.15, 0.2) is 18.2 Å². The Bertz CT molecular complexity index is 877. The number of ether oxygens (including phenoxy) is 2. The van der Waals surface area contributed by atoms with E-state index in [0.717, 1.165) is 25.9 Å². The quantitative estimate of drug-likeness (QED) is 0.645. The number of rotatable bonds is 8. The van der Waals surface area contributed by atoms with Gasteiger partial charge in [-0.3, -0.25) is 4.90 Å². The number of halogens is 1. The van der Waals surface area contributed by atoms with Gasteiger partial charge >= 0.3 is 6.01 Å². The van der Waals surface area contributed by atoms with Crippen LogP contribution in [-0.2, 0) is 0 Å². The molecule has 4 rings (SSSR count). The first kappa shape index (κ1) is 21.5. The third-order valence-electron chi connectivity index (χ3n) is 5.99. The predicted octanol–water partition coefficient (Wildman–Crippen LogP) is 4.19. The number of benzene rings is 1. The highest BCUT2D eigenvalue weighted by atomic mass is 19.1. The number of hydrogen-bond acceptors (Lipinski definition) is 8. The number of hydrogen-bond donors (Lipinski definition) is 2. The summed E-state index contributed by atoms with van der Waals surface area (Å²) in [7, 11) is 3.46. The third kappa shape index (κ3) is 5.72. The first-order chi connectivity index (χ1) is 15.1. The molecule has 1 aromatic carbocycles. The van der Waals surface area contributed by atoms with E-state index in [1.807, 2.05) is 7.05 Å². The molecule has 0 spiro atoms. The number of aromatic nitrogens is 3. The van der Waals surface area contributed by atoms with Gasteiger partial charge in [-0.1, -0.05) is 19.3 Å². The molecule has 2 aliphatic rings. The lowest BCUT2D eigenvalue weighted by Crippen LogP contribution is -2.31. The van der Waals surface area contributed by atoms with Gasteiger partial charge in [0.25, 0.3) is 0 Å². The maximum absolute atomic E-state index is 14.1. The van der Waals surface area contributed by atoms with Crippen LogP contribution in [0.2, 0.25) is 0 Å². The van der Waals surface area contributed by atoms with Crippen molar-refractivity contribution in [2.75, 3.05) is 37.9 Å². The van der Waals surface area contributed by atoms with Gasteiger partial charge in [0.2, 0.25) is 11.9 Å². The van der Waals surface area contributed by atoms with E-state index in [1.54, 1.807) is 12.1 Å². The summed E-state index contributed by atoms with van der Waals surface area (Å²) < 4.78 is 25.1. The zero-order valence-corrected chi connectivity index (χ0v) is 18.2. The van der Waals surface area contributed by atoms with E-state index in [-0.39, 0.29) is 18.0 Å². The van der Waals surface area contributed by atoms with Crippen molar-refractivity contribution in [1.29, 1.82) is 0 Å². The maximum Gasteiger partial charge on any atom is 0.324 e. The van der Waals surface area contributed by atoms with E-state index in [0.29, 0.717) is 23.5 Å². The molecule has 0 bridgehead atoms. The van der Waals surface area contributed by atoms with Crippen LogP contribution in [-0.4, -0.2) is 53.3 Å². The lowest BCUT2D eigenvalue weighted by molar-refractivity contribution is 0.0716. The lowest BCUT2D eigenvalue weighted by Gasteiger charge is -2.22. The van der Waals surface area contributed by atoms with E-state index in [4.69, 9.17) is 9.47 Å². The second-order valence-electron chi connectivity index (χ2n) is 8.32. The minimum atomic E-state index is -0.457. The lowest BCUT2D eigenvalue weighted by atomic mass is 9.89. The normalized spacial score (nSPS) is 19.9. The molecule has 2 fully saturated rings. The van der Waals surface area contributed by atoms with Gasteiger partial charge in [-0.05, 0) is 50.8 Å². The van der Waals surface area contributed by atoms with Crippen LogP contribution in [0.3, 0.4) is 0 Å². The van der Waals surface area contributed by atoms with Gasteiger partial charge < -0.3 is 20.1 Å². The first-order valence-corrected chi connectivity index (χ1v) is 11.1. The molecule has 0 amide bonds. The van der Waals surface area contributed by atoms with Crippen molar-refractivity contribution in [3.8, 4) is 11.8 Å². The van der Waals surface area contributed by atoms with Crippen LogP contribution in [0.1, 0.15) is 44.9 Å². The minimum absolute atomic E-state index is 0.0557. The Kier molecular flexibility index (Phi) is 7.01. The summed E-state index contributed by atoms with van der Waals surface area (Å²) in [6.45, 7) is 1.81. The Morgan fingerprint density at radius 2 is 1.87 bits per heavy atom. The topological polar surface area (TPSA) is 84.4 Å². The Morgan fingerprint density at radius 3 is 2.58 bits per heavy atom. The van der Waals surface area contributed by atoms with Crippen LogP contribution in [0.5, 0.6) is 11.8 Å². The molecular formula is C22H31FN6O2. The van der Waals surface area contributed by atoms with E-state index in [2.05, 4.69) is 30.5 Å². The first-order valence-electron chi connectivity index (χ1n) is 11.1. The number of anilines is 3. The molecule has 1 unspecified atom stereocenters. The van der Waals surface area contributed by atoms with E-state index in [1.165, 1.54) is 45.3 Å². The smallest absolute Gasteiger partial charge is 0.324 e. The predicted molar refractivity (Wildman–Crippen MR) is 117 cm³/mol. The second-order valence-corrected chi connectivity index (χ2v) is 8.32. The SMILES string of the molecule is COc1ccc(Nc2nc(NCC3CCCCC3)nc(OC3CCCN3C)n2)cc1F. The Balaban J connectivity index is 1.51. The number of nitrogens with one attached hydrogen (secondary N) is 2. The van der Waals surface area contributed by atoms with Gasteiger partial charge in [-0.15, -0.1) is 0 Å². The zero-order chi connectivity index (χ0) is 21.6. The molecule has 31 heavy (non-hydrogen) atoms. The van der Waals surface area contributed by atoms with E-state index in [9.17, 15) is 4.39 Å². The molecular weight excluding hydrogens is 399 g/mol. The highest BCUT2D eigenvalue weighted by molar-refractivity contribution is 5.56. The summed E-state index contributed by atoms with van der Waals surface area (Å²) >= 11 is 0. The monoisotopic (exact) mass is 430 g/mol. The number of likely N-dealkylation sites (tertiary alicyclic amines) is 1. The molecule has 8 nitrogen and oxygen atoms in total. The van der Waals surface area contributed by atoms with Gasteiger partial charge in [0.05, 0.1) is 7.11 Å². The van der Waals surface area contributed by atoms with E-state index >= 15 is 0 Å². The fourth-order valence-electron chi connectivity index (χ4n) is 4.19. The van der Waals surface area contributed by atoms with Crippen molar-refractivity contribution in [3.63, 3.8) is 0 Å². The van der Waals surface area contributed by atoms with Crippen LogP contribution >= 0.6 is 0 Å². The zero-order valence-electron chi connectivity index (χ0n) is 18.2. The summed E-state index contributed by atoms with van der Waals surface area (Å²) in [5.74, 6) is 1.13. The fraction of sp³-hybridized carbons (Fsp3) is 0.591. The molecule has 1 aliphatic carbocycles. The Labute approximate surface area is 182 Å². The molecule has 1 aliphatic heterocycles. The largest absolute Gasteiger partial charge is 0.494 e. The molecule has 2 N–H and O–H groups in total. The highest BCUT2D eigenvalue weighted by Gasteiger charge is 2.24. The number of nitrogens with zero attached hydrogens (tertiary/aromatic N) is 4. The van der Waals surface area contributed by atoms with Crippen LogP contribution in [0, 0.1) is 11.7 Å². The Morgan fingerprint density at radius 1 is 1.06 bits per heavy atom. The molecule has 1 atom stereocenters. The molecule has 9 heteroatoms. The summed E-state index contributed by atoms with van der Waals surface area (Å²) in [4.78, 5) is 15.5. The summed E-state index contributed by atoms with van der Waals surface area (Å²) in [5.41, 5.74) is 0.520. The highest BCUT2D eigenvalue weighted by Crippen LogP contribution is 2.26. The molecule has 1 saturated heterocycles. The molecule has 0 radical (unpaired) electrons. The van der Waals surface area contributed by atoms with Crippen molar-refractivity contribution in [2.24, 2.45) is 5.92 Å². The van der Waals surface area contributed by atoms with Crippen molar-refractivity contribution in [1.82, 2.24) is 19.9 Å². The van der Waals surface area contributed by atoms with Gasteiger partial charge in [0.1, 0.15) is 0 Å². The fourth-order valence-corrected chi connectivity index (χ4v) is 4.19. The minimum Gasteiger partial charge on any atom is -0.494 e. The average Bonchev–Trinajstić information content (AvgIpc) is 3.17. The van der Waals surface area contributed by atoms with Crippen molar-refractivity contribution >= 4 is 17.6 Å². The van der Waals surface area contributed by atoms with Crippen LogP contribution < -0.4 is 20.1 Å². The summed E-state index contributed by atoms with van der Waals surface area (Å²) in [5, 5.41) is 6.42. The summed E-state index contributed by atoms with van der Waals surface area (Å²) in [6, 6.07) is 4.89. The molecule has 2 aromatic rings. The van der Waals surface area contributed by atoms with Crippen molar-refractivity contribution in [3.05, 3.63) is 24.0 Å². The van der Waals surface area contributed by atoms with Crippen LogP contribution in [0.4, 0.5) is 22.0 Å². The molecule has 168 valence electrons. The second kappa shape index (κ2) is 10.1. The van der Waals surface area contributed by atoms with Gasteiger partial charge in [0, 0.05) is 24.8 Å². The summed E-state index contributed by atoms with van der Waals surface area (Å²) in [6.07, 6.45) is 8.29. The molecule has 1 saturated carbocycles. The third-order valence-corrected chi connectivity index (χ3v) is 5.99. The van der Waals surface area contributed by atoms with Crippen molar-refractivity contribution < 1.29 is 13.9 Å². The van der Waals surface area contributed by atoms with Crippen molar-refractivity contribution in [2.45, 2.75) is 51.2 Å². The average molecular weight is 431 g/mol. The molecule has 1 aromatic heterocycles.